The van der Waals surface area contributed by atoms with E-state index in [0.29, 0.717) is 6.54 Å². The number of fused-ring (bicyclic) bond motifs is 1. The van der Waals surface area contributed by atoms with E-state index in [9.17, 15) is 9.59 Å². The van der Waals surface area contributed by atoms with Crippen molar-refractivity contribution < 1.29 is 19.1 Å². The fourth-order valence-electron chi connectivity index (χ4n) is 3.89. The third-order valence-electron chi connectivity index (χ3n) is 5.10. The minimum atomic E-state index is -0.921. The molecule has 7 heteroatoms. The SMILES string of the molecule is COc1ccc([C@@H]2Sc3ccccc3N(CC(C)CN(C)C)C(=O)[C@@H]2OC(C)=O)cc1. The monoisotopic (exact) mass is 442 g/mol. The lowest BCUT2D eigenvalue weighted by atomic mass is 10.0. The Morgan fingerprint density at radius 2 is 1.84 bits per heavy atom. The van der Waals surface area contributed by atoms with E-state index < -0.39 is 12.1 Å². The van der Waals surface area contributed by atoms with Gasteiger partial charge in [0.25, 0.3) is 5.91 Å². The zero-order valence-electron chi connectivity index (χ0n) is 18.7. The number of benzene rings is 2. The highest BCUT2D eigenvalue weighted by Crippen LogP contribution is 2.47. The number of thioether (sulfide) groups is 1. The van der Waals surface area contributed by atoms with Gasteiger partial charge >= 0.3 is 5.97 Å². The summed E-state index contributed by atoms with van der Waals surface area (Å²) < 4.78 is 10.9. The first-order chi connectivity index (χ1) is 14.8. The summed E-state index contributed by atoms with van der Waals surface area (Å²) >= 11 is 1.55. The molecule has 2 aromatic carbocycles. The molecule has 1 aliphatic rings. The Bertz CT molecular complexity index is 916. The molecule has 3 rings (SSSR count). The summed E-state index contributed by atoms with van der Waals surface area (Å²) in [5.41, 5.74) is 1.76. The molecule has 0 radical (unpaired) electrons. The van der Waals surface area contributed by atoms with Crippen LogP contribution in [0.2, 0.25) is 0 Å². The Balaban J connectivity index is 2.04. The second kappa shape index (κ2) is 10.2. The van der Waals surface area contributed by atoms with E-state index in [1.54, 1.807) is 23.8 Å². The molecule has 0 aromatic heterocycles. The van der Waals surface area contributed by atoms with Crippen LogP contribution in [0.15, 0.2) is 53.4 Å². The van der Waals surface area contributed by atoms with Crippen molar-refractivity contribution in [2.45, 2.75) is 30.1 Å². The summed E-state index contributed by atoms with van der Waals surface area (Å²) in [5.74, 6) is 0.313. The van der Waals surface area contributed by atoms with Crippen LogP contribution in [0, 0.1) is 5.92 Å². The molecule has 1 heterocycles. The van der Waals surface area contributed by atoms with Crippen molar-refractivity contribution in [2.75, 3.05) is 39.2 Å². The minimum absolute atomic E-state index is 0.195. The number of esters is 1. The molecule has 0 fully saturated rings. The van der Waals surface area contributed by atoms with Gasteiger partial charge in [0.1, 0.15) is 5.75 Å². The Hall–Kier alpha value is -2.51. The fourth-order valence-corrected chi connectivity index (χ4v) is 5.21. The van der Waals surface area contributed by atoms with Crippen molar-refractivity contribution in [3.8, 4) is 5.75 Å². The highest BCUT2D eigenvalue weighted by molar-refractivity contribution is 7.99. The number of rotatable bonds is 7. The maximum absolute atomic E-state index is 13.8. The van der Waals surface area contributed by atoms with Gasteiger partial charge in [-0.2, -0.15) is 0 Å². The smallest absolute Gasteiger partial charge is 0.303 e. The molecule has 166 valence electrons. The standard InChI is InChI=1S/C24H30N2O4S/c1-16(14-25(3)4)15-26-20-8-6-7-9-21(20)31-23(22(24(26)28)30-17(2)27)18-10-12-19(29-5)13-11-18/h6-13,16,22-23H,14-15H2,1-5H3/t16?,22-,23+/m1/s1. The number of carbonyl (C=O) groups excluding carboxylic acids is 2. The number of carbonyl (C=O) groups is 2. The molecule has 0 saturated carbocycles. The van der Waals surface area contributed by atoms with Crippen LogP contribution in [0.1, 0.15) is 24.7 Å². The first-order valence-corrected chi connectivity index (χ1v) is 11.2. The zero-order chi connectivity index (χ0) is 22.5. The van der Waals surface area contributed by atoms with Gasteiger partial charge in [0.15, 0.2) is 6.10 Å². The van der Waals surface area contributed by atoms with Crippen LogP contribution in [0.25, 0.3) is 0 Å². The largest absolute Gasteiger partial charge is 0.497 e. The predicted molar refractivity (Wildman–Crippen MR) is 124 cm³/mol. The van der Waals surface area contributed by atoms with Crippen molar-refractivity contribution in [3.05, 3.63) is 54.1 Å². The number of nitrogens with zero attached hydrogens (tertiary/aromatic N) is 2. The van der Waals surface area contributed by atoms with Crippen molar-refractivity contribution in [1.29, 1.82) is 0 Å². The van der Waals surface area contributed by atoms with E-state index in [0.717, 1.165) is 28.4 Å². The molecule has 1 unspecified atom stereocenters. The molecule has 6 nitrogen and oxygen atoms in total. The lowest BCUT2D eigenvalue weighted by Gasteiger charge is -2.30. The Kier molecular flexibility index (Phi) is 7.62. The molecule has 3 atom stereocenters. The normalized spacial score (nSPS) is 19.5. The third kappa shape index (κ3) is 5.60. The predicted octanol–water partition coefficient (Wildman–Crippen LogP) is 4.00. The summed E-state index contributed by atoms with van der Waals surface area (Å²) in [7, 11) is 5.65. The van der Waals surface area contributed by atoms with Crippen LogP contribution in [-0.4, -0.2) is 57.2 Å². The van der Waals surface area contributed by atoms with Crippen LogP contribution < -0.4 is 9.64 Å². The third-order valence-corrected chi connectivity index (χ3v) is 6.48. The van der Waals surface area contributed by atoms with Crippen LogP contribution in [0.5, 0.6) is 5.75 Å². The van der Waals surface area contributed by atoms with E-state index in [1.807, 2.05) is 62.6 Å². The first kappa shape index (κ1) is 23.2. The average molecular weight is 443 g/mol. The molecule has 1 aliphatic heterocycles. The van der Waals surface area contributed by atoms with Crippen molar-refractivity contribution in [3.63, 3.8) is 0 Å². The highest BCUT2D eigenvalue weighted by atomic mass is 32.2. The van der Waals surface area contributed by atoms with E-state index in [2.05, 4.69) is 11.8 Å². The van der Waals surface area contributed by atoms with E-state index in [-0.39, 0.29) is 17.1 Å². The maximum atomic E-state index is 13.8. The van der Waals surface area contributed by atoms with Gasteiger partial charge in [-0.3, -0.25) is 9.59 Å². The summed E-state index contributed by atoms with van der Waals surface area (Å²) in [6.45, 7) is 4.86. The van der Waals surface area contributed by atoms with E-state index >= 15 is 0 Å². The minimum Gasteiger partial charge on any atom is -0.497 e. The van der Waals surface area contributed by atoms with Gasteiger partial charge in [0.2, 0.25) is 0 Å². The molecule has 1 amide bonds. The summed E-state index contributed by atoms with van der Waals surface area (Å²) in [6, 6.07) is 15.4. The van der Waals surface area contributed by atoms with Crippen LogP contribution >= 0.6 is 11.8 Å². The van der Waals surface area contributed by atoms with Gasteiger partial charge in [-0.1, -0.05) is 31.2 Å². The zero-order valence-corrected chi connectivity index (χ0v) is 19.5. The lowest BCUT2D eigenvalue weighted by Crippen LogP contribution is -2.45. The summed E-state index contributed by atoms with van der Waals surface area (Å²) in [4.78, 5) is 30.6. The molecule has 0 spiro atoms. The summed E-state index contributed by atoms with van der Waals surface area (Å²) in [6.07, 6.45) is -0.921. The van der Waals surface area contributed by atoms with E-state index in [4.69, 9.17) is 9.47 Å². The Morgan fingerprint density at radius 3 is 2.45 bits per heavy atom. The number of ether oxygens (including phenoxy) is 2. The molecule has 2 aromatic rings. The highest BCUT2D eigenvalue weighted by Gasteiger charge is 2.41. The second-order valence-electron chi connectivity index (χ2n) is 8.13. The van der Waals surface area contributed by atoms with Gasteiger partial charge in [-0.15, -0.1) is 11.8 Å². The van der Waals surface area contributed by atoms with Crippen LogP contribution in [0.3, 0.4) is 0 Å². The van der Waals surface area contributed by atoms with Gasteiger partial charge in [0.05, 0.1) is 18.0 Å². The number of anilines is 1. The molecule has 31 heavy (non-hydrogen) atoms. The fraction of sp³-hybridized carbons (Fsp3) is 0.417. The molecular weight excluding hydrogens is 412 g/mol. The number of amides is 1. The van der Waals surface area contributed by atoms with E-state index in [1.165, 1.54) is 6.92 Å². The molecule has 0 bridgehead atoms. The molecule has 0 saturated heterocycles. The van der Waals surface area contributed by atoms with Gasteiger partial charge < -0.3 is 19.3 Å². The molecule has 0 aliphatic carbocycles. The quantitative estimate of drug-likeness (QED) is 0.604. The van der Waals surface area contributed by atoms with Crippen molar-refractivity contribution in [2.24, 2.45) is 5.92 Å². The van der Waals surface area contributed by atoms with Crippen molar-refractivity contribution >= 4 is 29.3 Å². The maximum Gasteiger partial charge on any atom is 0.303 e. The molecular formula is C24H30N2O4S. The second-order valence-corrected chi connectivity index (χ2v) is 9.31. The lowest BCUT2D eigenvalue weighted by molar-refractivity contribution is -0.152. The molecule has 0 N–H and O–H groups in total. The number of hydrogen-bond acceptors (Lipinski definition) is 6. The Morgan fingerprint density at radius 1 is 1.16 bits per heavy atom. The van der Waals surface area contributed by atoms with Crippen LogP contribution in [0.4, 0.5) is 5.69 Å². The van der Waals surface area contributed by atoms with Gasteiger partial charge in [-0.25, -0.2) is 0 Å². The Labute approximate surface area is 188 Å². The topological polar surface area (TPSA) is 59.1 Å². The number of para-hydroxylation sites is 1. The summed E-state index contributed by atoms with van der Waals surface area (Å²) in [5, 5.41) is -0.363. The van der Waals surface area contributed by atoms with Gasteiger partial charge in [0, 0.05) is 24.9 Å². The van der Waals surface area contributed by atoms with Crippen LogP contribution in [-0.2, 0) is 14.3 Å². The van der Waals surface area contributed by atoms with Crippen molar-refractivity contribution in [1.82, 2.24) is 4.90 Å². The average Bonchev–Trinajstić information content (AvgIpc) is 2.83. The number of methoxy groups -OCH3 is 1. The number of hydrogen-bond donors (Lipinski definition) is 0. The van der Waals surface area contributed by atoms with Gasteiger partial charge in [-0.05, 0) is 49.8 Å². The first-order valence-electron chi connectivity index (χ1n) is 10.3.